The second-order valence-electron chi connectivity index (χ2n) is 2.61. The molecule has 68 valence electrons. The zero-order valence-corrected chi connectivity index (χ0v) is 10.2. The minimum absolute atomic E-state index is 0.0508. The predicted molar refractivity (Wildman–Crippen MR) is 61.6 cm³/mol. The minimum Gasteiger partial charge on any atom is -0.295 e. The number of ketones is 1. The Bertz CT molecular complexity index is 356. The first-order chi connectivity index (χ1) is 6.09. The molecule has 0 saturated heterocycles. The summed E-state index contributed by atoms with van der Waals surface area (Å²) < 4.78 is 1.98. The van der Waals surface area contributed by atoms with Gasteiger partial charge in [0.05, 0.1) is 0 Å². The highest BCUT2D eigenvalue weighted by molar-refractivity contribution is 9.11. The molecule has 0 atom stereocenters. The standard InChI is InChI=1S/C10H8Br2O/c1-7(13)2-3-8-4-5-9(11)6-10(8)12/h2-6H,1H3/b3-2+. The van der Waals surface area contributed by atoms with Crippen LogP contribution in [0.2, 0.25) is 0 Å². The molecule has 0 saturated carbocycles. The van der Waals surface area contributed by atoms with Crippen molar-refractivity contribution in [2.24, 2.45) is 0 Å². The molecule has 0 unspecified atom stereocenters. The number of hydrogen-bond acceptors (Lipinski definition) is 1. The quantitative estimate of drug-likeness (QED) is 0.759. The van der Waals surface area contributed by atoms with E-state index in [0.717, 1.165) is 14.5 Å². The van der Waals surface area contributed by atoms with Crippen molar-refractivity contribution in [2.45, 2.75) is 6.92 Å². The maximum Gasteiger partial charge on any atom is 0.152 e. The fourth-order valence-electron chi connectivity index (χ4n) is 0.844. The van der Waals surface area contributed by atoms with Crippen LogP contribution >= 0.6 is 31.9 Å². The highest BCUT2D eigenvalue weighted by Gasteiger charge is 1.96. The zero-order valence-electron chi connectivity index (χ0n) is 7.05. The van der Waals surface area contributed by atoms with Crippen molar-refractivity contribution in [1.82, 2.24) is 0 Å². The fourth-order valence-corrected chi connectivity index (χ4v) is 2.02. The highest BCUT2D eigenvalue weighted by Crippen LogP contribution is 2.22. The first-order valence-corrected chi connectivity index (χ1v) is 5.32. The summed E-state index contributed by atoms with van der Waals surface area (Å²) in [6.07, 6.45) is 3.34. The third-order valence-electron chi connectivity index (χ3n) is 1.46. The molecule has 0 N–H and O–H groups in total. The van der Waals surface area contributed by atoms with E-state index in [1.54, 1.807) is 12.2 Å². The van der Waals surface area contributed by atoms with Crippen molar-refractivity contribution in [3.8, 4) is 0 Å². The van der Waals surface area contributed by atoms with E-state index in [4.69, 9.17) is 0 Å². The van der Waals surface area contributed by atoms with Crippen molar-refractivity contribution in [3.63, 3.8) is 0 Å². The van der Waals surface area contributed by atoms with Gasteiger partial charge in [0, 0.05) is 8.95 Å². The Morgan fingerprint density at radius 1 is 1.38 bits per heavy atom. The molecule has 0 radical (unpaired) electrons. The fraction of sp³-hybridized carbons (Fsp3) is 0.100. The van der Waals surface area contributed by atoms with Gasteiger partial charge >= 0.3 is 0 Å². The summed E-state index contributed by atoms with van der Waals surface area (Å²) in [5.74, 6) is 0.0508. The van der Waals surface area contributed by atoms with E-state index in [9.17, 15) is 4.79 Å². The van der Waals surface area contributed by atoms with E-state index in [2.05, 4.69) is 31.9 Å². The average Bonchev–Trinajstić information content (AvgIpc) is 2.02. The van der Waals surface area contributed by atoms with Gasteiger partial charge in [0.1, 0.15) is 0 Å². The molecule has 0 heterocycles. The van der Waals surface area contributed by atoms with Crippen LogP contribution in [0.5, 0.6) is 0 Å². The third-order valence-corrected chi connectivity index (χ3v) is 2.64. The second-order valence-corrected chi connectivity index (χ2v) is 4.38. The first-order valence-electron chi connectivity index (χ1n) is 3.73. The third kappa shape index (κ3) is 3.44. The number of halogens is 2. The summed E-state index contributed by atoms with van der Waals surface area (Å²) in [5.41, 5.74) is 0.999. The smallest absolute Gasteiger partial charge is 0.152 e. The maximum absolute atomic E-state index is 10.7. The van der Waals surface area contributed by atoms with Gasteiger partial charge < -0.3 is 0 Å². The van der Waals surface area contributed by atoms with Crippen LogP contribution < -0.4 is 0 Å². The summed E-state index contributed by atoms with van der Waals surface area (Å²) in [4.78, 5) is 10.7. The van der Waals surface area contributed by atoms with Crippen molar-refractivity contribution >= 4 is 43.7 Å². The summed E-state index contributed by atoms with van der Waals surface area (Å²) in [5, 5.41) is 0. The van der Waals surface area contributed by atoms with Crippen LogP contribution in [0.3, 0.4) is 0 Å². The van der Waals surface area contributed by atoms with E-state index in [1.165, 1.54) is 6.92 Å². The Morgan fingerprint density at radius 3 is 2.62 bits per heavy atom. The maximum atomic E-state index is 10.7. The molecule has 1 aromatic carbocycles. The minimum atomic E-state index is 0.0508. The van der Waals surface area contributed by atoms with E-state index in [-0.39, 0.29) is 5.78 Å². The van der Waals surface area contributed by atoms with E-state index in [1.807, 2.05) is 18.2 Å². The largest absolute Gasteiger partial charge is 0.295 e. The number of carbonyl (C=O) groups is 1. The van der Waals surface area contributed by atoms with Gasteiger partial charge in [-0.25, -0.2) is 0 Å². The number of carbonyl (C=O) groups excluding carboxylic acids is 1. The summed E-state index contributed by atoms with van der Waals surface area (Å²) in [6.45, 7) is 1.53. The predicted octanol–water partition coefficient (Wildman–Crippen LogP) is 3.81. The van der Waals surface area contributed by atoms with Crippen molar-refractivity contribution in [2.75, 3.05) is 0 Å². The molecular weight excluding hydrogens is 296 g/mol. The average molecular weight is 304 g/mol. The summed E-state index contributed by atoms with van der Waals surface area (Å²) in [7, 11) is 0. The van der Waals surface area contributed by atoms with Gasteiger partial charge in [0.2, 0.25) is 0 Å². The van der Waals surface area contributed by atoms with Crippen LogP contribution in [0, 0.1) is 0 Å². The number of hydrogen-bond donors (Lipinski definition) is 0. The molecule has 0 aliphatic rings. The normalized spacial score (nSPS) is 10.7. The van der Waals surface area contributed by atoms with Crippen LogP contribution in [0.1, 0.15) is 12.5 Å². The number of benzene rings is 1. The lowest BCUT2D eigenvalue weighted by Crippen LogP contribution is -1.81. The monoisotopic (exact) mass is 302 g/mol. The molecule has 0 fully saturated rings. The van der Waals surface area contributed by atoms with Gasteiger partial charge in [-0.3, -0.25) is 4.79 Å². The molecule has 0 bridgehead atoms. The summed E-state index contributed by atoms with van der Waals surface area (Å²) >= 11 is 6.76. The van der Waals surface area contributed by atoms with Gasteiger partial charge in [-0.1, -0.05) is 44.0 Å². The van der Waals surface area contributed by atoms with Crippen molar-refractivity contribution in [3.05, 3.63) is 38.8 Å². The Morgan fingerprint density at radius 2 is 2.08 bits per heavy atom. The van der Waals surface area contributed by atoms with Gasteiger partial charge in [0.15, 0.2) is 5.78 Å². The molecule has 1 nitrogen and oxygen atoms in total. The molecule has 3 heteroatoms. The molecule has 1 aromatic rings. The number of allylic oxidation sites excluding steroid dienone is 1. The molecule has 0 aliphatic carbocycles. The second kappa shape index (κ2) is 4.72. The Labute approximate surface area is 94.1 Å². The highest BCUT2D eigenvalue weighted by atomic mass is 79.9. The van der Waals surface area contributed by atoms with Gasteiger partial charge in [-0.2, -0.15) is 0 Å². The van der Waals surface area contributed by atoms with E-state index >= 15 is 0 Å². The Hall–Kier alpha value is -0.410. The van der Waals surface area contributed by atoms with Gasteiger partial charge in [-0.05, 0) is 30.7 Å². The molecule has 1 rings (SSSR count). The van der Waals surface area contributed by atoms with E-state index < -0.39 is 0 Å². The van der Waals surface area contributed by atoms with Crippen LogP contribution in [-0.4, -0.2) is 5.78 Å². The van der Waals surface area contributed by atoms with Gasteiger partial charge in [-0.15, -0.1) is 0 Å². The molecule has 0 amide bonds. The molecule has 0 spiro atoms. The molecular formula is C10H8Br2O. The van der Waals surface area contributed by atoms with Crippen molar-refractivity contribution < 1.29 is 4.79 Å². The molecule has 13 heavy (non-hydrogen) atoms. The lowest BCUT2D eigenvalue weighted by Gasteiger charge is -1.98. The van der Waals surface area contributed by atoms with Crippen molar-refractivity contribution in [1.29, 1.82) is 0 Å². The van der Waals surface area contributed by atoms with Crippen LogP contribution in [-0.2, 0) is 4.79 Å². The van der Waals surface area contributed by atoms with Crippen LogP contribution in [0.4, 0.5) is 0 Å². The molecule has 0 aromatic heterocycles. The summed E-state index contributed by atoms with van der Waals surface area (Å²) in [6, 6.07) is 5.82. The topological polar surface area (TPSA) is 17.1 Å². The van der Waals surface area contributed by atoms with Crippen LogP contribution in [0.15, 0.2) is 33.2 Å². The SMILES string of the molecule is CC(=O)/C=C/c1ccc(Br)cc1Br. The molecule has 0 aliphatic heterocycles. The Balaban J connectivity index is 2.96. The van der Waals surface area contributed by atoms with E-state index in [0.29, 0.717) is 0 Å². The number of rotatable bonds is 2. The first kappa shape index (κ1) is 10.7. The van der Waals surface area contributed by atoms with Crippen LogP contribution in [0.25, 0.3) is 6.08 Å². The lowest BCUT2D eigenvalue weighted by molar-refractivity contribution is -0.112. The lowest BCUT2D eigenvalue weighted by atomic mass is 10.2. The Kier molecular flexibility index (Phi) is 3.88. The zero-order chi connectivity index (χ0) is 9.84. The van der Waals surface area contributed by atoms with Gasteiger partial charge in [0.25, 0.3) is 0 Å².